The van der Waals surface area contributed by atoms with Gasteiger partial charge in [0.15, 0.2) is 0 Å². The number of nitrogens with zero attached hydrogens (tertiary/aromatic N) is 3. The molecule has 1 aromatic carbocycles. The lowest BCUT2D eigenvalue weighted by Gasteiger charge is -2.34. The molecule has 184 valence electrons. The number of alkyl halides is 2. The SMILES string of the molecule is COC[C@@H](NC(=O)N1Cc2nc(NC3CCOCC3)ncc2C(F)(F)C1)c1ccc(Cl)c(F)c1. The number of ether oxygens (including phenoxy) is 2. The van der Waals surface area contributed by atoms with E-state index >= 15 is 0 Å². The van der Waals surface area contributed by atoms with Gasteiger partial charge in [0, 0.05) is 32.6 Å². The summed E-state index contributed by atoms with van der Waals surface area (Å²) in [6.45, 7) is 0.256. The molecule has 8 nitrogen and oxygen atoms in total. The fraction of sp³-hybridized carbons (Fsp3) is 0.500. The first-order chi connectivity index (χ1) is 16.3. The van der Waals surface area contributed by atoms with Crippen LogP contribution in [-0.4, -0.2) is 60.4 Å². The second kappa shape index (κ2) is 10.3. The fourth-order valence-corrected chi connectivity index (χ4v) is 4.12. The maximum atomic E-state index is 14.9. The minimum Gasteiger partial charge on any atom is -0.382 e. The lowest BCUT2D eigenvalue weighted by atomic mass is 10.0. The van der Waals surface area contributed by atoms with Crippen LogP contribution in [0.25, 0.3) is 0 Å². The second-order valence-electron chi connectivity index (χ2n) is 8.28. The van der Waals surface area contributed by atoms with E-state index in [0.717, 1.165) is 23.9 Å². The molecule has 0 unspecified atom stereocenters. The van der Waals surface area contributed by atoms with Gasteiger partial charge >= 0.3 is 6.03 Å². The number of carbonyl (C=O) groups is 1. The van der Waals surface area contributed by atoms with Crippen LogP contribution in [0.2, 0.25) is 5.02 Å². The summed E-state index contributed by atoms with van der Waals surface area (Å²) in [6, 6.07) is 2.64. The van der Waals surface area contributed by atoms with Crippen molar-refractivity contribution in [3.63, 3.8) is 0 Å². The number of hydrogen-bond donors (Lipinski definition) is 2. The Morgan fingerprint density at radius 2 is 2.15 bits per heavy atom. The van der Waals surface area contributed by atoms with Crippen LogP contribution in [0.1, 0.15) is 35.7 Å². The van der Waals surface area contributed by atoms with E-state index < -0.39 is 30.4 Å². The number of carbonyl (C=O) groups excluding carboxylic acids is 1. The Bertz CT molecular complexity index is 1040. The number of benzene rings is 1. The highest BCUT2D eigenvalue weighted by Gasteiger charge is 2.43. The molecule has 0 aliphatic carbocycles. The topological polar surface area (TPSA) is 88.6 Å². The van der Waals surface area contributed by atoms with Gasteiger partial charge in [0.1, 0.15) is 5.82 Å². The molecule has 2 aliphatic rings. The number of aromatic nitrogens is 2. The Hall–Kier alpha value is -2.63. The van der Waals surface area contributed by atoms with Crippen molar-refractivity contribution in [1.82, 2.24) is 20.2 Å². The average Bonchev–Trinajstić information content (AvgIpc) is 2.80. The van der Waals surface area contributed by atoms with Gasteiger partial charge in [-0.1, -0.05) is 17.7 Å². The second-order valence-corrected chi connectivity index (χ2v) is 8.68. The lowest BCUT2D eigenvalue weighted by Crippen LogP contribution is -2.49. The van der Waals surface area contributed by atoms with Crippen LogP contribution in [0.15, 0.2) is 24.4 Å². The number of fused-ring (bicyclic) bond motifs is 1. The van der Waals surface area contributed by atoms with Gasteiger partial charge in [-0.25, -0.2) is 19.2 Å². The molecule has 0 spiro atoms. The third kappa shape index (κ3) is 5.53. The highest BCUT2D eigenvalue weighted by molar-refractivity contribution is 6.30. The van der Waals surface area contributed by atoms with Crippen molar-refractivity contribution in [3.05, 3.63) is 52.1 Å². The van der Waals surface area contributed by atoms with E-state index in [0.29, 0.717) is 18.8 Å². The molecular weight excluding hydrogens is 475 g/mol. The molecule has 2 amide bonds. The highest BCUT2D eigenvalue weighted by atomic mass is 35.5. The number of halogens is 4. The summed E-state index contributed by atoms with van der Waals surface area (Å²) in [5.41, 5.74) is 0.158. The number of amides is 2. The Labute approximate surface area is 199 Å². The predicted octanol–water partition coefficient (Wildman–Crippen LogP) is 3.86. The van der Waals surface area contributed by atoms with Crippen molar-refractivity contribution in [2.24, 2.45) is 0 Å². The monoisotopic (exact) mass is 499 g/mol. The first-order valence-corrected chi connectivity index (χ1v) is 11.2. The van der Waals surface area contributed by atoms with Gasteiger partial charge in [-0.05, 0) is 30.5 Å². The van der Waals surface area contributed by atoms with Gasteiger partial charge in [0.25, 0.3) is 5.92 Å². The largest absolute Gasteiger partial charge is 0.382 e. The van der Waals surface area contributed by atoms with Crippen molar-refractivity contribution >= 4 is 23.6 Å². The van der Waals surface area contributed by atoms with E-state index in [2.05, 4.69) is 20.6 Å². The first-order valence-electron chi connectivity index (χ1n) is 10.8. The Kier molecular flexibility index (Phi) is 7.44. The number of anilines is 1. The summed E-state index contributed by atoms with van der Waals surface area (Å²) in [6.07, 6.45) is 2.64. The van der Waals surface area contributed by atoms with Crippen LogP contribution in [0, 0.1) is 5.82 Å². The van der Waals surface area contributed by atoms with Crippen LogP contribution in [0.4, 0.5) is 23.9 Å². The van der Waals surface area contributed by atoms with Crippen LogP contribution < -0.4 is 10.6 Å². The Balaban J connectivity index is 1.50. The summed E-state index contributed by atoms with van der Waals surface area (Å²) < 4.78 is 54.1. The fourth-order valence-electron chi connectivity index (χ4n) is 4.00. The minimum absolute atomic E-state index is 0.00890. The van der Waals surface area contributed by atoms with Crippen molar-refractivity contribution in [2.75, 3.05) is 38.8 Å². The van der Waals surface area contributed by atoms with Gasteiger partial charge < -0.3 is 25.0 Å². The van der Waals surface area contributed by atoms with Crippen molar-refractivity contribution in [2.45, 2.75) is 37.4 Å². The molecule has 3 heterocycles. The Morgan fingerprint density at radius 1 is 1.38 bits per heavy atom. The number of nitrogens with one attached hydrogen (secondary N) is 2. The van der Waals surface area contributed by atoms with Gasteiger partial charge in [-0.15, -0.1) is 0 Å². The van der Waals surface area contributed by atoms with Gasteiger partial charge in [-0.3, -0.25) is 0 Å². The van der Waals surface area contributed by atoms with Crippen LogP contribution in [-0.2, 0) is 21.9 Å². The van der Waals surface area contributed by atoms with Crippen LogP contribution in [0.3, 0.4) is 0 Å². The zero-order valence-corrected chi connectivity index (χ0v) is 19.2. The molecule has 2 aliphatic heterocycles. The zero-order chi connectivity index (χ0) is 24.3. The summed E-state index contributed by atoms with van der Waals surface area (Å²) in [7, 11) is 1.42. The molecule has 1 atom stereocenters. The number of methoxy groups -OCH3 is 1. The normalized spacial score (nSPS) is 18.8. The van der Waals surface area contributed by atoms with Crippen LogP contribution in [0.5, 0.6) is 0 Å². The molecular formula is C22H25ClF3N5O3. The van der Waals surface area contributed by atoms with E-state index in [1.54, 1.807) is 0 Å². The third-order valence-corrected chi connectivity index (χ3v) is 6.12. The smallest absolute Gasteiger partial charge is 0.318 e. The number of urea groups is 1. The number of hydrogen-bond acceptors (Lipinski definition) is 6. The highest BCUT2D eigenvalue weighted by Crippen LogP contribution is 2.36. The molecule has 2 aromatic rings. The zero-order valence-electron chi connectivity index (χ0n) is 18.5. The summed E-state index contributed by atoms with van der Waals surface area (Å²) >= 11 is 5.73. The molecule has 34 heavy (non-hydrogen) atoms. The van der Waals surface area contributed by atoms with Gasteiger partial charge in [-0.2, -0.15) is 8.78 Å². The van der Waals surface area contributed by atoms with Crippen molar-refractivity contribution in [3.8, 4) is 0 Å². The summed E-state index contributed by atoms with van der Waals surface area (Å²) in [5.74, 6) is -3.75. The molecule has 0 saturated carbocycles. The molecule has 2 N–H and O–H groups in total. The molecule has 0 radical (unpaired) electrons. The molecule has 1 aromatic heterocycles. The maximum Gasteiger partial charge on any atom is 0.318 e. The van der Waals surface area contributed by atoms with Crippen molar-refractivity contribution < 1.29 is 27.4 Å². The summed E-state index contributed by atoms with van der Waals surface area (Å²) in [4.78, 5) is 22.2. The Morgan fingerprint density at radius 3 is 2.85 bits per heavy atom. The molecule has 1 fully saturated rings. The lowest BCUT2D eigenvalue weighted by molar-refractivity contribution is -0.0427. The third-order valence-electron chi connectivity index (χ3n) is 5.81. The van der Waals surface area contributed by atoms with E-state index in [-0.39, 0.29) is 41.4 Å². The molecule has 4 rings (SSSR count). The molecule has 0 bridgehead atoms. The minimum atomic E-state index is -3.33. The molecule has 12 heteroatoms. The van der Waals surface area contributed by atoms with E-state index in [9.17, 15) is 18.0 Å². The van der Waals surface area contributed by atoms with Gasteiger partial charge in [0.05, 0.1) is 42.0 Å². The average molecular weight is 500 g/mol. The van der Waals surface area contributed by atoms with E-state index in [1.807, 2.05) is 0 Å². The maximum absolute atomic E-state index is 14.9. The quantitative estimate of drug-likeness (QED) is 0.627. The first kappa shape index (κ1) is 24.5. The van der Waals surface area contributed by atoms with Gasteiger partial charge in [0.2, 0.25) is 5.95 Å². The molecule has 1 saturated heterocycles. The number of rotatable bonds is 6. The van der Waals surface area contributed by atoms with E-state index in [1.165, 1.54) is 25.3 Å². The van der Waals surface area contributed by atoms with Crippen molar-refractivity contribution in [1.29, 1.82) is 0 Å². The summed E-state index contributed by atoms with van der Waals surface area (Å²) in [5, 5.41) is 5.73. The van der Waals surface area contributed by atoms with Crippen LogP contribution >= 0.6 is 11.6 Å². The predicted molar refractivity (Wildman–Crippen MR) is 118 cm³/mol. The standard InChI is InChI=1S/C22H25ClF3N5O3/c1-33-11-19(13-2-3-16(23)17(24)8-13)30-21(32)31-10-18-15(22(25,26)12-31)9-27-20(29-18)28-14-4-6-34-7-5-14/h2-3,8-9,14,19H,4-7,10-12H2,1H3,(H,30,32)(H,27,28,29)/t19-/m1/s1. The van der Waals surface area contributed by atoms with E-state index in [4.69, 9.17) is 21.1 Å².